The second-order valence-corrected chi connectivity index (χ2v) is 6.79. The first-order valence-electron chi connectivity index (χ1n) is 7.79. The summed E-state index contributed by atoms with van der Waals surface area (Å²) in [5, 5.41) is 11.3. The van der Waals surface area contributed by atoms with Crippen LogP contribution in [0.15, 0.2) is 58.2 Å². The predicted molar refractivity (Wildman–Crippen MR) is 98.4 cm³/mol. The van der Waals surface area contributed by atoms with Gasteiger partial charge in [-0.25, -0.2) is 4.39 Å². The van der Waals surface area contributed by atoms with Gasteiger partial charge in [-0.15, -0.1) is 10.2 Å². The molecule has 1 aromatic heterocycles. The molecule has 3 aromatic rings. The molecule has 0 spiro atoms. The Labute approximate surface area is 159 Å². The Morgan fingerprint density at radius 2 is 1.96 bits per heavy atom. The molecule has 0 aliphatic rings. The maximum Gasteiger partial charge on any atom is 0.277 e. The van der Waals surface area contributed by atoms with Crippen LogP contribution in [0, 0.1) is 5.82 Å². The maximum absolute atomic E-state index is 13.7. The van der Waals surface area contributed by atoms with Gasteiger partial charge < -0.3 is 9.73 Å². The molecule has 8 heteroatoms. The van der Waals surface area contributed by atoms with Crippen LogP contribution in [0.25, 0.3) is 11.5 Å². The number of carbonyl (C=O) groups is 1. The SMILES string of the molecule is C[C@@H](NC(=O)CSc1nnc(-c2ccccc2F)o1)c1ccccc1Cl. The lowest BCUT2D eigenvalue weighted by molar-refractivity contribution is -0.119. The molecule has 134 valence electrons. The molecule has 1 heterocycles. The molecule has 0 fully saturated rings. The lowest BCUT2D eigenvalue weighted by Crippen LogP contribution is -2.28. The fraction of sp³-hybridized carbons (Fsp3) is 0.167. The van der Waals surface area contributed by atoms with Gasteiger partial charge in [0.1, 0.15) is 5.82 Å². The molecular formula is C18H15ClFN3O2S. The number of nitrogens with one attached hydrogen (secondary N) is 1. The molecule has 2 aromatic carbocycles. The lowest BCUT2D eigenvalue weighted by atomic mass is 10.1. The third kappa shape index (κ3) is 4.42. The Balaban J connectivity index is 1.57. The van der Waals surface area contributed by atoms with Crippen molar-refractivity contribution in [2.75, 3.05) is 5.75 Å². The van der Waals surface area contributed by atoms with Gasteiger partial charge in [-0.1, -0.05) is 53.7 Å². The van der Waals surface area contributed by atoms with Crippen molar-refractivity contribution in [2.45, 2.75) is 18.2 Å². The molecule has 0 radical (unpaired) electrons. The highest BCUT2D eigenvalue weighted by Gasteiger charge is 2.16. The third-order valence-electron chi connectivity index (χ3n) is 3.59. The van der Waals surface area contributed by atoms with Crippen LogP contribution < -0.4 is 5.32 Å². The number of nitrogens with zero attached hydrogens (tertiary/aromatic N) is 2. The number of amides is 1. The standard InChI is InChI=1S/C18H15ClFN3O2S/c1-11(12-6-2-4-8-14(12)19)21-16(24)10-26-18-23-22-17(25-18)13-7-3-5-9-15(13)20/h2-9,11H,10H2,1H3,(H,21,24)/t11-/m1/s1. The van der Waals surface area contributed by atoms with Crippen molar-refractivity contribution in [3.63, 3.8) is 0 Å². The Hall–Kier alpha value is -2.38. The molecule has 1 N–H and O–H groups in total. The van der Waals surface area contributed by atoms with Crippen LogP contribution in [0.2, 0.25) is 5.02 Å². The monoisotopic (exact) mass is 391 g/mol. The topological polar surface area (TPSA) is 68.0 Å². The molecule has 1 atom stereocenters. The molecule has 0 aliphatic heterocycles. The van der Waals surface area contributed by atoms with Gasteiger partial charge in [0.25, 0.3) is 11.1 Å². The highest BCUT2D eigenvalue weighted by molar-refractivity contribution is 7.99. The molecule has 0 unspecified atom stereocenters. The van der Waals surface area contributed by atoms with Gasteiger partial charge in [0, 0.05) is 5.02 Å². The molecule has 0 saturated carbocycles. The number of halogens is 2. The van der Waals surface area contributed by atoms with Gasteiger partial charge in [-0.2, -0.15) is 0 Å². The van der Waals surface area contributed by atoms with Gasteiger partial charge in [-0.3, -0.25) is 4.79 Å². The molecular weight excluding hydrogens is 377 g/mol. The van der Waals surface area contributed by atoms with E-state index in [1.165, 1.54) is 6.07 Å². The van der Waals surface area contributed by atoms with Crippen LogP contribution in [-0.4, -0.2) is 21.9 Å². The molecule has 5 nitrogen and oxygen atoms in total. The first kappa shape index (κ1) is 18.4. The number of aromatic nitrogens is 2. The smallest absolute Gasteiger partial charge is 0.277 e. The van der Waals surface area contributed by atoms with Gasteiger partial charge in [0.05, 0.1) is 17.4 Å². The maximum atomic E-state index is 13.7. The van der Waals surface area contributed by atoms with E-state index >= 15 is 0 Å². The van der Waals surface area contributed by atoms with Crippen molar-refractivity contribution in [3.8, 4) is 11.5 Å². The Kier molecular flexibility index (Phi) is 5.90. The normalized spacial score (nSPS) is 12.0. The summed E-state index contributed by atoms with van der Waals surface area (Å²) in [7, 11) is 0. The Morgan fingerprint density at radius 1 is 1.23 bits per heavy atom. The van der Waals surface area contributed by atoms with Crippen molar-refractivity contribution >= 4 is 29.3 Å². The van der Waals surface area contributed by atoms with Gasteiger partial charge in [0.15, 0.2) is 0 Å². The summed E-state index contributed by atoms with van der Waals surface area (Å²) in [6.07, 6.45) is 0. The van der Waals surface area contributed by atoms with Crippen LogP contribution in [0.1, 0.15) is 18.5 Å². The van der Waals surface area contributed by atoms with Crippen molar-refractivity contribution < 1.29 is 13.6 Å². The molecule has 0 saturated heterocycles. The number of carbonyl (C=O) groups excluding carboxylic acids is 1. The van der Waals surface area contributed by atoms with E-state index in [-0.39, 0.29) is 34.4 Å². The first-order chi connectivity index (χ1) is 12.5. The van der Waals surface area contributed by atoms with Crippen LogP contribution in [0.5, 0.6) is 0 Å². The number of hydrogen-bond donors (Lipinski definition) is 1. The number of thioether (sulfide) groups is 1. The summed E-state index contributed by atoms with van der Waals surface area (Å²) < 4.78 is 19.1. The van der Waals surface area contributed by atoms with Gasteiger partial charge in [0.2, 0.25) is 5.91 Å². The summed E-state index contributed by atoms with van der Waals surface area (Å²) >= 11 is 7.21. The summed E-state index contributed by atoms with van der Waals surface area (Å²) in [4.78, 5) is 12.1. The zero-order valence-electron chi connectivity index (χ0n) is 13.8. The highest BCUT2D eigenvalue weighted by atomic mass is 35.5. The van der Waals surface area contributed by atoms with Crippen LogP contribution >= 0.6 is 23.4 Å². The minimum Gasteiger partial charge on any atom is -0.411 e. The van der Waals surface area contributed by atoms with Crippen molar-refractivity contribution in [3.05, 3.63) is 64.9 Å². The number of benzene rings is 2. The lowest BCUT2D eigenvalue weighted by Gasteiger charge is -2.15. The van der Waals surface area contributed by atoms with Gasteiger partial charge >= 0.3 is 0 Å². The molecule has 26 heavy (non-hydrogen) atoms. The molecule has 1 amide bonds. The minimum atomic E-state index is -0.445. The van der Waals surface area contributed by atoms with E-state index in [0.717, 1.165) is 17.3 Å². The van der Waals surface area contributed by atoms with E-state index < -0.39 is 5.82 Å². The second kappa shape index (κ2) is 8.33. The van der Waals surface area contributed by atoms with E-state index in [0.29, 0.717) is 5.02 Å². The Bertz CT molecular complexity index is 919. The summed E-state index contributed by atoms with van der Waals surface area (Å²) in [5.41, 5.74) is 1.07. The fourth-order valence-electron chi connectivity index (χ4n) is 2.33. The minimum absolute atomic E-state index is 0.0791. The predicted octanol–water partition coefficient (Wildman–Crippen LogP) is 4.50. The average molecular weight is 392 g/mol. The van der Waals surface area contributed by atoms with E-state index in [2.05, 4.69) is 15.5 Å². The van der Waals surface area contributed by atoms with E-state index in [9.17, 15) is 9.18 Å². The van der Waals surface area contributed by atoms with Crippen molar-refractivity contribution in [1.82, 2.24) is 15.5 Å². The van der Waals surface area contributed by atoms with Crippen LogP contribution in [-0.2, 0) is 4.79 Å². The second-order valence-electron chi connectivity index (χ2n) is 5.45. The average Bonchev–Trinajstić information content (AvgIpc) is 3.09. The zero-order valence-corrected chi connectivity index (χ0v) is 15.4. The molecule has 0 aliphatic carbocycles. The van der Waals surface area contributed by atoms with Gasteiger partial charge in [-0.05, 0) is 30.7 Å². The summed E-state index contributed by atoms with van der Waals surface area (Å²) in [6, 6.07) is 13.2. The number of rotatable bonds is 6. The largest absolute Gasteiger partial charge is 0.411 e. The first-order valence-corrected chi connectivity index (χ1v) is 9.16. The zero-order chi connectivity index (χ0) is 18.5. The van der Waals surface area contributed by atoms with E-state index in [4.69, 9.17) is 16.0 Å². The van der Waals surface area contributed by atoms with E-state index in [1.54, 1.807) is 24.3 Å². The number of hydrogen-bond acceptors (Lipinski definition) is 5. The molecule has 0 bridgehead atoms. The van der Waals surface area contributed by atoms with E-state index in [1.807, 2.05) is 25.1 Å². The summed E-state index contributed by atoms with van der Waals surface area (Å²) in [6.45, 7) is 1.85. The van der Waals surface area contributed by atoms with Crippen LogP contribution in [0.3, 0.4) is 0 Å². The summed E-state index contributed by atoms with van der Waals surface area (Å²) in [5.74, 6) is -0.476. The fourth-order valence-corrected chi connectivity index (χ4v) is 3.20. The van der Waals surface area contributed by atoms with Crippen molar-refractivity contribution in [1.29, 1.82) is 0 Å². The highest BCUT2D eigenvalue weighted by Crippen LogP contribution is 2.25. The third-order valence-corrected chi connectivity index (χ3v) is 4.75. The van der Waals surface area contributed by atoms with Crippen molar-refractivity contribution in [2.24, 2.45) is 0 Å². The quantitative estimate of drug-likeness (QED) is 0.626. The van der Waals surface area contributed by atoms with Crippen LogP contribution in [0.4, 0.5) is 4.39 Å². The Morgan fingerprint density at radius 3 is 2.73 bits per heavy atom. The molecule has 3 rings (SSSR count).